The molecule has 3 nitrogen and oxygen atoms in total. The molecule has 1 saturated heterocycles. The fourth-order valence-electron chi connectivity index (χ4n) is 3.30. The van der Waals surface area contributed by atoms with Gasteiger partial charge in [-0.1, -0.05) is 12.1 Å². The van der Waals surface area contributed by atoms with Crippen LogP contribution in [-0.4, -0.2) is 37.7 Å². The van der Waals surface area contributed by atoms with Gasteiger partial charge in [-0.3, -0.25) is 4.90 Å². The van der Waals surface area contributed by atoms with Gasteiger partial charge in [0.2, 0.25) is 0 Å². The molecule has 0 radical (unpaired) electrons. The van der Waals surface area contributed by atoms with E-state index in [1.54, 1.807) is 0 Å². The van der Waals surface area contributed by atoms with Crippen molar-refractivity contribution in [3.8, 4) is 5.75 Å². The summed E-state index contributed by atoms with van der Waals surface area (Å²) < 4.78 is 5.54. The van der Waals surface area contributed by atoms with Gasteiger partial charge < -0.3 is 10.1 Å². The van der Waals surface area contributed by atoms with Crippen LogP contribution in [-0.2, 0) is 0 Å². The van der Waals surface area contributed by atoms with E-state index in [4.69, 9.17) is 4.74 Å². The molecule has 3 heteroatoms. The van der Waals surface area contributed by atoms with Crippen molar-refractivity contribution in [2.24, 2.45) is 5.92 Å². The topological polar surface area (TPSA) is 24.5 Å². The standard InChI is InChI=1S/C17H26N2O/c1-3-20-16-8-4-13(5-9-16)17-14(10-11-19(17)2)12-18-15-6-7-15/h4-5,8-9,14-15,17-18H,3,6-7,10-12H2,1-2H3. The molecule has 1 aliphatic carbocycles. The molecule has 20 heavy (non-hydrogen) atoms. The Morgan fingerprint density at radius 1 is 1.20 bits per heavy atom. The molecule has 110 valence electrons. The van der Waals surface area contributed by atoms with Crippen LogP contribution in [0.1, 0.15) is 37.8 Å². The van der Waals surface area contributed by atoms with Crippen molar-refractivity contribution in [2.75, 3.05) is 26.7 Å². The predicted octanol–water partition coefficient (Wildman–Crippen LogP) is 2.83. The molecule has 0 bridgehead atoms. The molecular weight excluding hydrogens is 248 g/mol. The molecule has 1 heterocycles. The molecule has 2 atom stereocenters. The van der Waals surface area contributed by atoms with E-state index in [-0.39, 0.29) is 0 Å². The summed E-state index contributed by atoms with van der Waals surface area (Å²) in [5.74, 6) is 1.71. The highest BCUT2D eigenvalue weighted by molar-refractivity contribution is 5.30. The van der Waals surface area contributed by atoms with Gasteiger partial charge in [0.1, 0.15) is 5.75 Å². The minimum atomic E-state index is 0.553. The Bertz CT molecular complexity index is 427. The first-order chi connectivity index (χ1) is 9.78. The second-order valence-electron chi connectivity index (χ2n) is 6.16. The second kappa shape index (κ2) is 6.15. The fourth-order valence-corrected chi connectivity index (χ4v) is 3.30. The summed E-state index contributed by atoms with van der Waals surface area (Å²) in [7, 11) is 2.25. The summed E-state index contributed by atoms with van der Waals surface area (Å²) in [4.78, 5) is 2.49. The quantitative estimate of drug-likeness (QED) is 0.863. The number of nitrogens with one attached hydrogen (secondary N) is 1. The van der Waals surface area contributed by atoms with Gasteiger partial charge in [0.05, 0.1) is 6.61 Å². The normalized spacial score (nSPS) is 26.9. The maximum atomic E-state index is 5.54. The van der Waals surface area contributed by atoms with E-state index in [1.165, 1.54) is 31.4 Å². The van der Waals surface area contributed by atoms with Crippen molar-refractivity contribution in [1.82, 2.24) is 10.2 Å². The summed E-state index contributed by atoms with van der Waals surface area (Å²) in [6, 6.07) is 10.1. The first-order valence-corrected chi connectivity index (χ1v) is 7.94. The third kappa shape index (κ3) is 3.15. The molecule has 0 aromatic heterocycles. The summed E-state index contributed by atoms with van der Waals surface area (Å²) in [6.07, 6.45) is 4.04. The lowest BCUT2D eigenvalue weighted by Gasteiger charge is -2.26. The van der Waals surface area contributed by atoms with E-state index in [1.807, 2.05) is 6.92 Å². The van der Waals surface area contributed by atoms with Crippen LogP contribution in [0, 0.1) is 5.92 Å². The Balaban J connectivity index is 1.67. The van der Waals surface area contributed by atoms with Gasteiger partial charge in [-0.15, -0.1) is 0 Å². The van der Waals surface area contributed by atoms with E-state index in [9.17, 15) is 0 Å². The second-order valence-corrected chi connectivity index (χ2v) is 6.16. The first-order valence-electron chi connectivity index (χ1n) is 7.94. The van der Waals surface area contributed by atoms with Crippen LogP contribution in [0.15, 0.2) is 24.3 Å². The predicted molar refractivity (Wildman–Crippen MR) is 82.1 cm³/mol. The highest BCUT2D eigenvalue weighted by Crippen LogP contribution is 2.36. The Labute approximate surface area is 122 Å². The van der Waals surface area contributed by atoms with Crippen LogP contribution in [0.2, 0.25) is 0 Å². The lowest BCUT2D eigenvalue weighted by molar-refractivity contribution is 0.271. The maximum absolute atomic E-state index is 5.54. The maximum Gasteiger partial charge on any atom is 0.119 e. The van der Waals surface area contributed by atoms with Gasteiger partial charge in [-0.25, -0.2) is 0 Å². The van der Waals surface area contributed by atoms with E-state index < -0.39 is 0 Å². The van der Waals surface area contributed by atoms with E-state index >= 15 is 0 Å². The molecule has 2 fully saturated rings. The number of ether oxygens (including phenoxy) is 1. The zero-order valence-corrected chi connectivity index (χ0v) is 12.6. The number of benzene rings is 1. The largest absolute Gasteiger partial charge is 0.494 e. The molecule has 1 aromatic carbocycles. The fraction of sp³-hybridized carbons (Fsp3) is 0.647. The van der Waals surface area contributed by atoms with Crippen LogP contribution in [0.3, 0.4) is 0 Å². The minimum Gasteiger partial charge on any atom is -0.494 e. The van der Waals surface area contributed by atoms with Crippen LogP contribution >= 0.6 is 0 Å². The van der Waals surface area contributed by atoms with Crippen molar-refractivity contribution in [1.29, 1.82) is 0 Å². The molecule has 0 amide bonds. The molecule has 0 spiro atoms. The van der Waals surface area contributed by atoms with E-state index in [2.05, 4.69) is 41.5 Å². The van der Waals surface area contributed by atoms with Gasteiger partial charge in [0, 0.05) is 18.6 Å². The molecule has 1 saturated carbocycles. The third-order valence-electron chi connectivity index (χ3n) is 4.55. The zero-order chi connectivity index (χ0) is 13.9. The number of rotatable bonds is 6. The summed E-state index contributed by atoms with van der Waals surface area (Å²) >= 11 is 0. The number of hydrogen-bond acceptors (Lipinski definition) is 3. The third-order valence-corrected chi connectivity index (χ3v) is 4.55. The average molecular weight is 274 g/mol. The molecular formula is C17H26N2O. The smallest absolute Gasteiger partial charge is 0.119 e. The molecule has 2 aliphatic rings. The summed E-state index contributed by atoms with van der Waals surface area (Å²) in [5, 5.41) is 3.70. The van der Waals surface area contributed by atoms with Gasteiger partial charge in [-0.05, 0) is 63.4 Å². The van der Waals surface area contributed by atoms with E-state index in [0.29, 0.717) is 6.04 Å². The highest BCUT2D eigenvalue weighted by Gasteiger charge is 2.34. The van der Waals surface area contributed by atoms with Crippen molar-refractivity contribution >= 4 is 0 Å². The lowest BCUT2D eigenvalue weighted by atomic mass is 9.93. The highest BCUT2D eigenvalue weighted by atomic mass is 16.5. The van der Waals surface area contributed by atoms with Gasteiger partial charge in [0.15, 0.2) is 0 Å². The Kier molecular flexibility index (Phi) is 4.27. The molecule has 2 unspecified atom stereocenters. The monoisotopic (exact) mass is 274 g/mol. The molecule has 1 N–H and O–H groups in total. The molecule has 1 aromatic rings. The van der Waals surface area contributed by atoms with Crippen LogP contribution in [0.5, 0.6) is 5.75 Å². The van der Waals surface area contributed by atoms with Crippen molar-refractivity contribution in [2.45, 2.75) is 38.3 Å². The zero-order valence-electron chi connectivity index (χ0n) is 12.6. The summed E-state index contributed by atoms with van der Waals surface area (Å²) in [6.45, 7) is 5.12. The average Bonchev–Trinajstić information content (AvgIpc) is 3.21. The Morgan fingerprint density at radius 3 is 2.60 bits per heavy atom. The number of likely N-dealkylation sites (tertiary alicyclic amines) is 1. The van der Waals surface area contributed by atoms with Crippen LogP contribution in [0.25, 0.3) is 0 Å². The SMILES string of the molecule is CCOc1ccc(C2C(CNC3CC3)CCN2C)cc1. The lowest BCUT2D eigenvalue weighted by Crippen LogP contribution is -2.29. The number of hydrogen-bond donors (Lipinski definition) is 1. The van der Waals surface area contributed by atoms with Crippen LogP contribution < -0.4 is 10.1 Å². The Morgan fingerprint density at radius 2 is 1.95 bits per heavy atom. The van der Waals surface area contributed by atoms with Crippen molar-refractivity contribution < 1.29 is 4.74 Å². The minimum absolute atomic E-state index is 0.553. The summed E-state index contributed by atoms with van der Waals surface area (Å²) in [5.41, 5.74) is 1.43. The van der Waals surface area contributed by atoms with Gasteiger partial charge in [0.25, 0.3) is 0 Å². The van der Waals surface area contributed by atoms with E-state index in [0.717, 1.165) is 30.9 Å². The van der Waals surface area contributed by atoms with Crippen molar-refractivity contribution in [3.63, 3.8) is 0 Å². The molecule has 3 rings (SSSR count). The number of nitrogens with zero attached hydrogens (tertiary/aromatic N) is 1. The van der Waals surface area contributed by atoms with Crippen LogP contribution in [0.4, 0.5) is 0 Å². The van der Waals surface area contributed by atoms with Gasteiger partial charge in [-0.2, -0.15) is 0 Å². The molecule has 1 aliphatic heterocycles. The van der Waals surface area contributed by atoms with Gasteiger partial charge >= 0.3 is 0 Å². The Hall–Kier alpha value is -1.06. The van der Waals surface area contributed by atoms with Crippen molar-refractivity contribution in [3.05, 3.63) is 29.8 Å². The first kappa shape index (κ1) is 13.9.